The summed E-state index contributed by atoms with van der Waals surface area (Å²) in [5.74, 6) is 0.539. The van der Waals surface area contributed by atoms with Crippen molar-refractivity contribution in [3.8, 4) is 5.75 Å². The number of carbonyl (C=O) groups excluding carboxylic acids is 1. The van der Waals surface area contributed by atoms with Crippen molar-refractivity contribution in [3.05, 3.63) is 113 Å². The fraction of sp³-hybridized carbons (Fsp3) is 0.207. The monoisotopic (exact) mass is 464 g/mol. The van der Waals surface area contributed by atoms with E-state index in [4.69, 9.17) is 11.3 Å². The number of methoxy groups -OCH3 is 1. The molecule has 0 saturated heterocycles. The molecule has 1 aliphatic heterocycles. The highest BCUT2D eigenvalue weighted by atomic mass is 16.5. The number of hydrazone groups is 1. The summed E-state index contributed by atoms with van der Waals surface area (Å²) in [6, 6.07) is 22.9. The molecule has 1 unspecified atom stereocenters. The lowest BCUT2D eigenvalue weighted by Crippen LogP contribution is -2.31. The number of carbonyl (C=O) groups is 1. The van der Waals surface area contributed by atoms with Crippen LogP contribution in [0, 0.1) is 6.57 Å². The summed E-state index contributed by atoms with van der Waals surface area (Å²) < 4.78 is 5.54. The molecule has 6 nitrogen and oxygen atoms in total. The van der Waals surface area contributed by atoms with E-state index in [1.54, 1.807) is 25.5 Å². The SMILES string of the molecule is [C-]#[N+]c1cccc(CC2(C)/C(=C/C=N/NC(=O)c3ccccc3)N(CC)c3ccc(OC)cc32)c1. The minimum absolute atomic E-state index is 0.259. The largest absolute Gasteiger partial charge is 0.497 e. The van der Waals surface area contributed by atoms with Crippen molar-refractivity contribution >= 4 is 23.5 Å². The lowest BCUT2D eigenvalue weighted by Gasteiger charge is -2.30. The average molecular weight is 465 g/mol. The molecule has 6 heteroatoms. The number of benzene rings is 3. The van der Waals surface area contributed by atoms with E-state index in [9.17, 15) is 4.79 Å². The summed E-state index contributed by atoms with van der Waals surface area (Å²) in [5.41, 5.74) is 7.79. The second-order valence-electron chi connectivity index (χ2n) is 8.55. The van der Waals surface area contributed by atoms with E-state index in [0.717, 1.165) is 34.8 Å². The van der Waals surface area contributed by atoms with Crippen LogP contribution in [0.15, 0.2) is 89.7 Å². The maximum Gasteiger partial charge on any atom is 0.271 e. The standard InChI is InChI=1S/C29H28N4O2/c1-5-33-26-15-14-24(35-4)19-25(26)29(2,20-21-10-9-13-23(18-21)30-3)27(33)16-17-31-32-28(34)22-11-7-6-8-12-22/h6-19H,5,20H2,1-2,4H3,(H,32,34)/b27-16-,31-17+. The third-order valence-electron chi connectivity index (χ3n) is 6.37. The highest BCUT2D eigenvalue weighted by Crippen LogP contribution is 2.50. The molecular weight excluding hydrogens is 436 g/mol. The maximum absolute atomic E-state index is 12.3. The molecule has 4 rings (SSSR count). The van der Waals surface area contributed by atoms with Crippen molar-refractivity contribution < 1.29 is 9.53 Å². The highest BCUT2D eigenvalue weighted by Gasteiger charge is 2.43. The van der Waals surface area contributed by atoms with Gasteiger partial charge in [-0.15, -0.1) is 0 Å². The van der Waals surface area contributed by atoms with Gasteiger partial charge in [-0.1, -0.05) is 48.0 Å². The number of rotatable bonds is 7. The van der Waals surface area contributed by atoms with Crippen LogP contribution in [0.1, 0.15) is 35.3 Å². The van der Waals surface area contributed by atoms with Crippen LogP contribution in [-0.4, -0.2) is 25.8 Å². The van der Waals surface area contributed by atoms with Crippen LogP contribution in [0.3, 0.4) is 0 Å². The second kappa shape index (κ2) is 10.3. The molecule has 1 atom stereocenters. The lowest BCUT2D eigenvalue weighted by atomic mass is 9.76. The van der Waals surface area contributed by atoms with Crippen molar-refractivity contribution in [2.75, 3.05) is 18.6 Å². The van der Waals surface area contributed by atoms with E-state index in [-0.39, 0.29) is 5.91 Å². The Hall–Kier alpha value is -4.37. The zero-order valence-electron chi connectivity index (χ0n) is 20.2. The molecule has 1 aliphatic rings. The average Bonchev–Trinajstić information content (AvgIpc) is 3.13. The lowest BCUT2D eigenvalue weighted by molar-refractivity contribution is 0.0955. The van der Waals surface area contributed by atoms with Crippen molar-refractivity contribution in [1.82, 2.24) is 5.43 Å². The van der Waals surface area contributed by atoms with E-state index in [1.165, 1.54) is 0 Å². The Morgan fingerprint density at radius 2 is 1.94 bits per heavy atom. The zero-order valence-corrected chi connectivity index (χ0v) is 20.2. The van der Waals surface area contributed by atoms with Crippen molar-refractivity contribution in [2.24, 2.45) is 5.10 Å². The van der Waals surface area contributed by atoms with Gasteiger partial charge in [0.2, 0.25) is 0 Å². The van der Waals surface area contributed by atoms with Gasteiger partial charge >= 0.3 is 0 Å². The first-order valence-corrected chi connectivity index (χ1v) is 11.5. The van der Waals surface area contributed by atoms with Crippen LogP contribution < -0.4 is 15.1 Å². The van der Waals surface area contributed by atoms with Crippen LogP contribution in [0.25, 0.3) is 4.85 Å². The molecule has 176 valence electrons. The van der Waals surface area contributed by atoms with Gasteiger partial charge in [0.25, 0.3) is 5.91 Å². The fourth-order valence-corrected chi connectivity index (χ4v) is 4.69. The molecule has 0 spiro atoms. The molecule has 0 fully saturated rings. The second-order valence-corrected chi connectivity index (χ2v) is 8.55. The Morgan fingerprint density at radius 3 is 2.66 bits per heavy atom. The van der Waals surface area contributed by atoms with Gasteiger partial charge in [-0.05, 0) is 62.2 Å². The van der Waals surface area contributed by atoms with Gasteiger partial charge in [-0.2, -0.15) is 5.10 Å². The van der Waals surface area contributed by atoms with Crippen molar-refractivity contribution in [1.29, 1.82) is 0 Å². The van der Waals surface area contributed by atoms with Gasteiger partial charge in [-0.25, -0.2) is 10.3 Å². The number of likely N-dealkylation sites (N-methyl/N-ethyl adjacent to an activating group) is 1. The smallest absolute Gasteiger partial charge is 0.271 e. The Labute approximate surface area is 206 Å². The van der Waals surface area contributed by atoms with Crippen LogP contribution in [0.2, 0.25) is 0 Å². The number of nitrogens with one attached hydrogen (secondary N) is 1. The molecule has 0 bridgehead atoms. The van der Waals surface area contributed by atoms with Gasteiger partial charge in [0, 0.05) is 35.1 Å². The predicted octanol–water partition coefficient (Wildman–Crippen LogP) is 5.89. The third kappa shape index (κ3) is 4.80. The Morgan fingerprint density at radius 1 is 1.14 bits per heavy atom. The molecule has 1 N–H and O–H groups in total. The topological polar surface area (TPSA) is 58.3 Å². The number of amides is 1. The summed E-state index contributed by atoms with van der Waals surface area (Å²) in [6.45, 7) is 12.5. The number of anilines is 1. The predicted molar refractivity (Wildman–Crippen MR) is 140 cm³/mol. The normalized spacial score (nSPS) is 17.9. The fourth-order valence-electron chi connectivity index (χ4n) is 4.69. The minimum atomic E-state index is -0.393. The highest BCUT2D eigenvalue weighted by molar-refractivity contribution is 5.94. The molecule has 0 saturated carbocycles. The summed E-state index contributed by atoms with van der Waals surface area (Å²) in [6.07, 6.45) is 4.29. The Kier molecular flexibility index (Phi) is 6.98. The number of ether oxygens (including phenoxy) is 1. The van der Waals surface area contributed by atoms with E-state index < -0.39 is 5.41 Å². The minimum Gasteiger partial charge on any atom is -0.497 e. The molecule has 3 aromatic rings. The van der Waals surface area contributed by atoms with Crippen molar-refractivity contribution in [2.45, 2.75) is 25.7 Å². The summed E-state index contributed by atoms with van der Waals surface area (Å²) >= 11 is 0. The molecule has 1 amide bonds. The number of hydrogen-bond donors (Lipinski definition) is 1. The first-order chi connectivity index (χ1) is 17.0. The number of allylic oxidation sites excluding steroid dienone is 2. The van der Waals surface area contributed by atoms with Gasteiger partial charge in [0.05, 0.1) is 13.7 Å². The molecule has 35 heavy (non-hydrogen) atoms. The van der Waals surface area contributed by atoms with Crippen LogP contribution in [0.4, 0.5) is 11.4 Å². The van der Waals surface area contributed by atoms with E-state index >= 15 is 0 Å². The Bertz CT molecular complexity index is 1320. The molecule has 0 aromatic heterocycles. The molecule has 1 heterocycles. The Balaban J connectivity index is 1.71. The van der Waals surface area contributed by atoms with E-state index in [2.05, 4.69) is 52.3 Å². The zero-order chi connectivity index (χ0) is 24.8. The number of fused-ring (bicyclic) bond motifs is 1. The molecule has 0 radical (unpaired) electrons. The molecule has 0 aliphatic carbocycles. The number of hydrogen-bond acceptors (Lipinski definition) is 4. The van der Waals surface area contributed by atoms with Gasteiger partial charge in [0.15, 0.2) is 5.69 Å². The quantitative estimate of drug-likeness (QED) is 0.270. The van der Waals surface area contributed by atoms with Crippen LogP contribution in [0.5, 0.6) is 5.75 Å². The van der Waals surface area contributed by atoms with Crippen LogP contribution >= 0.6 is 0 Å². The third-order valence-corrected chi connectivity index (χ3v) is 6.37. The van der Waals surface area contributed by atoms with Crippen LogP contribution in [-0.2, 0) is 11.8 Å². The van der Waals surface area contributed by atoms with E-state index in [0.29, 0.717) is 17.7 Å². The first-order valence-electron chi connectivity index (χ1n) is 11.5. The van der Waals surface area contributed by atoms with Crippen molar-refractivity contribution in [3.63, 3.8) is 0 Å². The molecule has 3 aromatic carbocycles. The number of nitrogens with zero attached hydrogens (tertiary/aromatic N) is 3. The summed E-state index contributed by atoms with van der Waals surface area (Å²) in [7, 11) is 1.67. The first kappa shape index (κ1) is 23.8. The summed E-state index contributed by atoms with van der Waals surface area (Å²) in [5, 5.41) is 4.18. The van der Waals surface area contributed by atoms with Gasteiger partial charge in [0.1, 0.15) is 5.75 Å². The molecular formula is C29H28N4O2. The van der Waals surface area contributed by atoms with Gasteiger partial charge < -0.3 is 9.64 Å². The summed E-state index contributed by atoms with van der Waals surface area (Å²) in [4.78, 5) is 18.2. The van der Waals surface area contributed by atoms with Gasteiger partial charge in [-0.3, -0.25) is 4.79 Å². The maximum atomic E-state index is 12.3. The van der Waals surface area contributed by atoms with E-state index in [1.807, 2.05) is 48.5 Å².